The van der Waals surface area contributed by atoms with E-state index in [0.717, 1.165) is 14.7 Å². The van der Waals surface area contributed by atoms with Crippen LogP contribution in [0.3, 0.4) is 0 Å². The molecule has 5 aromatic rings. The summed E-state index contributed by atoms with van der Waals surface area (Å²) in [5.74, 6) is -4.71. The van der Waals surface area contributed by atoms with Crippen molar-refractivity contribution in [2.24, 2.45) is 5.73 Å². The number of Topliss-reactive ketones (excluding diaryl/α,β-unsaturated/α-hetero) is 1. The second kappa shape index (κ2) is 10.8. The third kappa shape index (κ3) is 4.08. The fraction of sp³-hybridized carbons (Fsp3) is 0.150. The molecule has 3 aliphatic rings. The van der Waals surface area contributed by atoms with Crippen molar-refractivity contribution in [3.63, 3.8) is 0 Å². The smallest absolute Gasteiger partial charge is 0.265 e. The number of nitrogens with two attached hydrogens (primary N) is 1. The number of ketones is 1. The van der Waals surface area contributed by atoms with Gasteiger partial charge in [-0.2, -0.15) is 0 Å². The van der Waals surface area contributed by atoms with Crippen LogP contribution in [-0.2, 0) is 5.54 Å². The third-order valence-electron chi connectivity index (χ3n) is 10.4. The zero-order valence-electron chi connectivity index (χ0n) is 28.3. The first-order chi connectivity index (χ1) is 24.7. The Labute approximate surface area is 295 Å². The molecule has 3 aliphatic heterocycles. The van der Waals surface area contributed by atoms with Gasteiger partial charge < -0.3 is 5.73 Å². The van der Waals surface area contributed by atoms with E-state index in [1.54, 1.807) is 32.9 Å². The van der Waals surface area contributed by atoms with Gasteiger partial charge in [-0.15, -0.1) is 0 Å². The maximum atomic E-state index is 14.1. The van der Waals surface area contributed by atoms with Gasteiger partial charge in [0.05, 0.1) is 11.2 Å². The minimum absolute atomic E-state index is 0.0254. The van der Waals surface area contributed by atoms with E-state index in [-0.39, 0.29) is 83.9 Å². The van der Waals surface area contributed by atoms with E-state index in [9.17, 15) is 38.4 Å². The zero-order chi connectivity index (χ0) is 37.1. The second-order valence-corrected chi connectivity index (χ2v) is 13.5. The standard InChI is InChI=1S/C40H28N4O8/c1-5-28(45)20-10-12-24-31-25(13-11-21(29(20)31)33(41)46)37(50)43(36(24)49)19-8-6-18(7-9-19)40(2,3)44-38(51)26-16-14-22-30-23(35(48)42(4)34(22)47)15-17-27(32(26)30)39(44)52/h6-17H,5H2,1-4H3,(H2,41,46). The lowest BCUT2D eigenvalue weighted by Gasteiger charge is -2.40. The Morgan fingerprint density at radius 3 is 1.42 bits per heavy atom. The molecule has 52 heavy (non-hydrogen) atoms. The van der Waals surface area contributed by atoms with Gasteiger partial charge in [-0.3, -0.25) is 48.2 Å². The van der Waals surface area contributed by atoms with E-state index in [2.05, 4.69) is 0 Å². The first kappa shape index (κ1) is 32.4. The molecule has 0 bridgehead atoms. The van der Waals surface area contributed by atoms with Crippen LogP contribution in [-0.4, -0.2) is 64.0 Å². The molecule has 256 valence electrons. The highest BCUT2D eigenvalue weighted by Gasteiger charge is 2.45. The number of hydrogen-bond acceptors (Lipinski definition) is 8. The summed E-state index contributed by atoms with van der Waals surface area (Å²) >= 11 is 0. The normalized spacial score (nSPS) is 15.3. The predicted octanol–water partition coefficient (Wildman–Crippen LogP) is 5.24. The average molecular weight is 693 g/mol. The number of primary amides is 1. The number of carbonyl (C=O) groups is 8. The van der Waals surface area contributed by atoms with E-state index in [1.165, 1.54) is 67.7 Å². The van der Waals surface area contributed by atoms with Gasteiger partial charge in [0.2, 0.25) is 5.91 Å². The average Bonchev–Trinajstić information content (AvgIpc) is 3.13. The molecule has 0 aliphatic carbocycles. The van der Waals surface area contributed by atoms with Crippen LogP contribution in [0.5, 0.6) is 0 Å². The summed E-state index contributed by atoms with van der Waals surface area (Å²) in [6, 6.07) is 18.0. The van der Waals surface area contributed by atoms with Crippen molar-refractivity contribution in [2.45, 2.75) is 32.7 Å². The van der Waals surface area contributed by atoms with Gasteiger partial charge in [-0.05, 0) is 80.1 Å². The van der Waals surface area contributed by atoms with E-state index >= 15 is 0 Å². The van der Waals surface area contributed by atoms with Crippen molar-refractivity contribution in [1.82, 2.24) is 9.80 Å². The lowest BCUT2D eigenvalue weighted by Crippen LogP contribution is -2.51. The maximum absolute atomic E-state index is 14.1. The number of amides is 7. The molecule has 3 heterocycles. The predicted molar refractivity (Wildman–Crippen MR) is 189 cm³/mol. The van der Waals surface area contributed by atoms with Crippen LogP contribution in [0, 0.1) is 0 Å². The molecule has 0 radical (unpaired) electrons. The van der Waals surface area contributed by atoms with E-state index in [1.807, 2.05) is 0 Å². The first-order valence-electron chi connectivity index (χ1n) is 16.4. The molecule has 7 amide bonds. The third-order valence-corrected chi connectivity index (χ3v) is 10.4. The number of rotatable bonds is 6. The van der Waals surface area contributed by atoms with Gasteiger partial charge in [0, 0.05) is 79.5 Å². The van der Waals surface area contributed by atoms with Crippen LogP contribution in [0.1, 0.15) is 116 Å². The Kier molecular flexibility index (Phi) is 6.75. The molecule has 2 N–H and O–H groups in total. The van der Waals surface area contributed by atoms with Gasteiger partial charge in [-0.1, -0.05) is 19.1 Å². The van der Waals surface area contributed by atoms with Crippen molar-refractivity contribution in [3.05, 3.63) is 123 Å². The molecule has 12 nitrogen and oxygen atoms in total. The van der Waals surface area contributed by atoms with Crippen LogP contribution in [0.25, 0.3) is 21.5 Å². The highest BCUT2D eigenvalue weighted by Crippen LogP contribution is 2.42. The van der Waals surface area contributed by atoms with Crippen LogP contribution in [0.4, 0.5) is 5.69 Å². The summed E-state index contributed by atoms with van der Waals surface area (Å²) in [5.41, 5.74) is 6.34. The topological polar surface area (TPSA) is 172 Å². The molecule has 12 heteroatoms. The van der Waals surface area contributed by atoms with Crippen LogP contribution < -0.4 is 10.6 Å². The summed E-state index contributed by atoms with van der Waals surface area (Å²) in [5, 5.41) is 0.881. The van der Waals surface area contributed by atoms with E-state index in [0.29, 0.717) is 5.56 Å². The van der Waals surface area contributed by atoms with Crippen molar-refractivity contribution in [3.8, 4) is 0 Å². The minimum atomic E-state index is -1.25. The first-order valence-corrected chi connectivity index (χ1v) is 16.4. The molecule has 0 saturated carbocycles. The minimum Gasteiger partial charge on any atom is -0.366 e. The van der Waals surface area contributed by atoms with Crippen molar-refractivity contribution in [2.75, 3.05) is 11.9 Å². The highest BCUT2D eigenvalue weighted by atomic mass is 16.2. The van der Waals surface area contributed by atoms with Gasteiger partial charge in [0.1, 0.15) is 0 Å². The highest BCUT2D eigenvalue weighted by molar-refractivity contribution is 6.38. The van der Waals surface area contributed by atoms with Crippen LogP contribution >= 0.6 is 0 Å². The van der Waals surface area contributed by atoms with Gasteiger partial charge in [0.25, 0.3) is 35.4 Å². The fourth-order valence-electron chi connectivity index (χ4n) is 7.70. The summed E-state index contributed by atoms with van der Waals surface area (Å²) in [4.78, 5) is 110. The molecule has 0 spiro atoms. The Hall–Kier alpha value is -6.82. The van der Waals surface area contributed by atoms with Gasteiger partial charge >= 0.3 is 0 Å². The SMILES string of the molecule is CCC(=O)c1ccc2c3c(ccc(C(N)=O)c13)C(=O)N(c1ccc(C(C)(C)N3C(=O)c4ccc5c6c(ccc(c46)C3=O)C(=O)N(C)C5=O)cc1)C2=O. The van der Waals surface area contributed by atoms with E-state index in [4.69, 9.17) is 5.73 Å². The summed E-state index contributed by atoms with van der Waals surface area (Å²) < 4.78 is 0. The largest absolute Gasteiger partial charge is 0.366 e. The second-order valence-electron chi connectivity index (χ2n) is 13.5. The number of imide groups is 3. The van der Waals surface area contributed by atoms with Crippen LogP contribution in [0.2, 0.25) is 0 Å². The number of carbonyl (C=O) groups excluding carboxylic acids is 8. The Morgan fingerprint density at radius 1 is 0.558 bits per heavy atom. The fourth-order valence-corrected chi connectivity index (χ4v) is 7.70. The maximum Gasteiger partial charge on any atom is 0.265 e. The quantitative estimate of drug-likeness (QED) is 0.186. The number of hydrogen-bond donors (Lipinski definition) is 1. The number of benzene rings is 5. The molecular formula is C40H28N4O8. The molecule has 0 atom stereocenters. The van der Waals surface area contributed by atoms with Crippen molar-refractivity contribution in [1.29, 1.82) is 0 Å². The lowest BCUT2D eigenvalue weighted by atomic mass is 9.83. The summed E-state index contributed by atoms with van der Waals surface area (Å²) in [6.07, 6.45) is 0.131. The molecule has 5 aromatic carbocycles. The van der Waals surface area contributed by atoms with Crippen LogP contribution in [0.15, 0.2) is 72.8 Å². The molecule has 0 fully saturated rings. The molecule has 8 rings (SSSR count). The summed E-state index contributed by atoms with van der Waals surface area (Å²) in [7, 11) is 1.38. The van der Waals surface area contributed by atoms with Crippen molar-refractivity contribution < 1.29 is 38.4 Å². The Morgan fingerprint density at radius 2 is 0.962 bits per heavy atom. The van der Waals surface area contributed by atoms with E-state index < -0.39 is 46.9 Å². The Bertz CT molecular complexity index is 2530. The zero-order valence-corrected chi connectivity index (χ0v) is 28.3. The van der Waals surface area contributed by atoms with Crippen molar-refractivity contribution >= 4 is 74.4 Å². The molecule has 0 saturated heterocycles. The number of anilines is 1. The lowest BCUT2D eigenvalue weighted by molar-refractivity contribution is 0.0424. The Balaban J connectivity index is 1.17. The van der Waals surface area contributed by atoms with Gasteiger partial charge in [-0.25, -0.2) is 4.90 Å². The monoisotopic (exact) mass is 692 g/mol. The number of nitrogens with zero attached hydrogens (tertiary/aromatic N) is 3. The molecule has 0 aromatic heterocycles. The summed E-state index contributed by atoms with van der Waals surface area (Å²) in [6.45, 7) is 5.04. The van der Waals surface area contributed by atoms with Gasteiger partial charge in [0.15, 0.2) is 5.78 Å². The molecular weight excluding hydrogens is 664 g/mol. The molecule has 0 unspecified atom stereocenters.